The molecule has 0 aliphatic carbocycles. The SMILES string of the molecule is CC1(C)CCOc2ccc(C(=O)O)cc21.Cl. The Balaban J connectivity index is 0.00000128. The van der Waals surface area contributed by atoms with Gasteiger partial charge in [0.25, 0.3) is 0 Å². The Labute approximate surface area is 101 Å². The first-order chi connectivity index (χ1) is 7.00. The average Bonchev–Trinajstić information content (AvgIpc) is 2.17. The van der Waals surface area contributed by atoms with Crippen LogP contribution in [0.2, 0.25) is 0 Å². The lowest BCUT2D eigenvalue weighted by Gasteiger charge is -2.32. The van der Waals surface area contributed by atoms with Crippen LogP contribution in [-0.4, -0.2) is 17.7 Å². The molecule has 0 bridgehead atoms. The van der Waals surface area contributed by atoms with Crippen LogP contribution >= 0.6 is 12.4 Å². The second-order valence-corrected chi connectivity index (χ2v) is 4.50. The van der Waals surface area contributed by atoms with Gasteiger partial charge in [-0.15, -0.1) is 12.4 Å². The van der Waals surface area contributed by atoms with Crippen molar-refractivity contribution in [1.82, 2.24) is 0 Å². The number of carbonyl (C=O) groups is 1. The fourth-order valence-corrected chi connectivity index (χ4v) is 1.87. The molecule has 0 radical (unpaired) electrons. The number of ether oxygens (including phenoxy) is 1. The van der Waals surface area contributed by atoms with Crippen LogP contribution < -0.4 is 4.74 Å². The molecule has 1 aromatic rings. The second kappa shape index (κ2) is 4.34. The Morgan fingerprint density at radius 3 is 2.75 bits per heavy atom. The van der Waals surface area contributed by atoms with E-state index in [1.54, 1.807) is 18.2 Å². The number of aromatic carboxylic acids is 1. The van der Waals surface area contributed by atoms with E-state index in [9.17, 15) is 4.79 Å². The lowest BCUT2D eigenvalue weighted by atomic mass is 9.79. The third-order valence-electron chi connectivity index (χ3n) is 2.94. The predicted molar refractivity (Wildman–Crippen MR) is 63.8 cm³/mol. The minimum Gasteiger partial charge on any atom is -0.493 e. The first-order valence-electron chi connectivity index (χ1n) is 5.01. The monoisotopic (exact) mass is 242 g/mol. The first kappa shape index (κ1) is 12.8. The molecule has 88 valence electrons. The summed E-state index contributed by atoms with van der Waals surface area (Å²) in [5.41, 5.74) is 1.32. The number of hydrogen-bond donors (Lipinski definition) is 1. The molecule has 16 heavy (non-hydrogen) atoms. The highest BCUT2D eigenvalue weighted by atomic mass is 35.5. The van der Waals surface area contributed by atoms with E-state index in [1.165, 1.54) is 0 Å². The van der Waals surface area contributed by atoms with Crippen LogP contribution in [0.1, 0.15) is 36.2 Å². The Morgan fingerprint density at radius 1 is 1.44 bits per heavy atom. The Morgan fingerprint density at radius 2 is 2.12 bits per heavy atom. The molecule has 1 N–H and O–H groups in total. The summed E-state index contributed by atoms with van der Waals surface area (Å²) in [4.78, 5) is 10.9. The van der Waals surface area contributed by atoms with Crippen molar-refractivity contribution >= 4 is 18.4 Å². The number of rotatable bonds is 1. The zero-order valence-electron chi connectivity index (χ0n) is 9.32. The summed E-state index contributed by atoms with van der Waals surface area (Å²) in [5, 5.41) is 8.92. The van der Waals surface area contributed by atoms with Crippen LogP contribution in [0.15, 0.2) is 18.2 Å². The van der Waals surface area contributed by atoms with Gasteiger partial charge in [-0.2, -0.15) is 0 Å². The maximum atomic E-state index is 10.9. The normalized spacial score (nSPS) is 16.6. The summed E-state index contributed by atoms with van der Waals surface area (Å²) >= 11 is 0. The molecule has 0 spiro atoms. The molecule has 2 rings (SSSR count). The van der Waals surface area contributed by atoms with Crippen LogP contribution in [0.5, 0.6) is 5.75 Å². The van der Waals surface area contributed by atoms with Crippen LogP contribution in [0, 0.1) is 0 Å². The molecule has 1 heterocycles. The summed E-state index contributed by atoms with van der Waals surface area (Å²) in [6.45, 7) is 4.92. The highest BCUT2D eigenvalue weighted by molar-refractivity contribution is 5.88. The lowest BCUT2D eigenvalue weighted by molar-refractivity contribution is 0.0696. The fourth-order valence-electron chi connectivity index (χ4n) is 1.87. The molecule has 0 unspecified atom stereocenters. The van der Waals surface area contributed by atoms with Crippen molar-refractivity contribution in [2.45, 2.75) is 25.7 Å². The zero-order chi connectivity index (χ0) is 11.1. The third-order valence-corrected chi connectivity index (χ3v) is 2.94. The number of fused-ring (bicyclic) bond motifs is 1. The summed E-state index contributed by atoms with van der Waals surface area (Å²) in [6, 6.07) is 5.05. The van der Waals surface area contributed by atoms with Gasteiger partial charge in [0, 0.05) is 5.56 Å². The summed E-state index contributed by atoms with van der Waals surface area (Å²) in [6.07, 6.45) is 0.920. The van der Waals surface area contributed by atoms with Crippen LogP contribution in [0.4, 0.5) is 0 Å². The number of carboxylic acid groups (broad SMARTS) is 1. The quantitative estimate of drug-likeness (QED) is 0.824. The van der Waals surface area contributed by atoms with Gasteiger partial charge in [-0.25, -0.2) is 4.79 Å². The number of carboxylic acids is 1. The van der Waals surface area contributed by atoms with Crippen molar-refractivity contribution in [2.75, 3.05) is 6.61 Å². The minimum atomic E-state index is -0.890. The average molecular weight is 243 g/mol. The van der Waals surface area contributed by atoms with Crippen molar-refractivity contribution in [1.29, 1.82) is 0 Å². The molecule has 1 aromatic carbocycles. The number of hydrogen-bond acceptors (Lipinski definition) is 2. The number of benzene rings is 1. The summed E-state index contributed by atoms with van der Waals surface area (Å²) in [5.74, 6) is -0.0737. The van der Waals surface area contributed by atoms with Crippen molar-refractivity contribution in [3.63, 3.8) is 0 Å². The van der Waals surface area contributed by atoms with Gasteiger partial charge in [0.05, 0.1) is 12.2 Å². The third kappa shape index (κ3) is 2.14. The molecule has 1 aliphatic rings. The van der Waals surface area contributed by atoms with Gasteiger partial charge in [-0.05, 0) is 30.0 Å². The first-order valence-corrected chi connectivity index (χ1v) is 5.01. The minimum absolute atomic E-state index is 0. The largest absolute Gasteiger partial charge is 0.493 e. The maximum Gasteiger partial charge on any atom is 0.335 e. The van der Waals surface area contributed by atoms with Gasteiger partial charge >= 0.3 is 5.97 Å². The number of halogens is 1. The Hall–Kier alpha value is -1.22. The van der Waals surface area contributed by atoms with E-state index in [2.05, 4.69) is 13.8 Å². The van der Waals surface area contributed by atoms with Crippen molar-refractivity contribution in [2.24, 2.45) is 0 Å². The molecule has 1 aliphatic heterocycles. The topological polar surface area (TPSA) is 46.5 Å². The van der Waals surface area contributed by atoms with Gasteiger partial charge in [-0.3, -0.25) is 0 Å². The van der Waals surface area contributed by atoms with Gasteiger partial charge in [0.2, 0.25) is 0 Å². The van der Waals surface area contributed by atoms with E-state index in [4.69, 9.17) is 9.84 Å². The molecular formula is C12H15ClO3. The molecule has 3 nitrogen and oxygen atoms in total. The van der Waals surface area contributed by atoms with E-state index >= 15 is 0 Å². The lowest BCUT2D eigenvalue weighted by Crippen LogP contribution is -2.26. The maximum absolute atomic E-state index is 10.9. The van der Waals surface area contributed by atoms with Gasteiger partial charge < -0.3 is 9.84 Å². The van der Waals surface area contributed by atoms with Crippen LogP contribution in [-0.2, 0) is 5.41 Å². The smallest absolute Gasteiger partial charge is 0.335 e. The summed E-state index contributed by atoms with van der Waals surface area (Å²) < 4.78 is 5.50. The second-order valence-electron chi connectivity index (χ2n) is 4.50. The highest BCUT2D eigenvalue weighted by Gasteiger charge is 2.29. The molecule has 0 atom stereocenters. The van der Waals surface area contributed by atoms with Crippen LogP contribution in [0.3, 0.4) is 0 Å². The van der Waals surface area contributed by atoms with E-state index in [1.807, 2.05) is 0 Å². The Kier molecular flexibility index (Phi) is 3.48. The van der Waals surface area contributed by atoms with Crippen molar-refractivity contribution < 1.29 is 14.6 Å². The van der Waals surface area contributed by atoms with Gasteiger partial charge in [-0.1, -0.05) is 13.8 Å². The van der Waals surface area contributed by atoms with E-state index in [0.29, 0.717) is 12.2 Å². The van der Waals surface area contributed by atoms with Gasteiger partial charge in [0.1, 0.15) is 5.75 Å². The summed E-state index contributed by atoms with van der Waals surface area (Å²) in [7, 11) is 0. The van der Waals surface area contributed by atoms with E-state index in [0.717, 1.165) is 17.7 Å². The molecular weight excluding hydrogens is 228 g/mol. The molecule has 0 fully saturated rings. The molecule has 4 heteroatoms. The van der Waals surface area contributed by atoms with E-state index in [-0.39, 0.29) is 17.8 Å². The highest BCUT2D eigenvalue weighted by Crippen LogP contribution is 2.38. The zero-order valence-corrected chi connectivity index (χ0v) is 10.1. The van der Waals surface area contributed by atoms with Crippen LogP contribution in [0.25, 0.3) is 0 Å². The fraction of sp³-hybridized carbons (Fsp3) is 0.417. The van der Waals surface area contributed by atoms with Crippen molar-refractivity contribution in [3.8, 4) is 5.75 Å². The molecule has 0 amide bonds. The standard InChI is InChI=1S/C12H14O3.ClH/c1-12(2)5-6-15-10-4-3-8(11(13)14)7-9(10)12;/h3-4,7H,5-6H2,1-2H3,(H,13,14);1H. The molecule has 0 saturated heterocycles. The van der Waals surface area contributed by atoms with Crippen molar-refractivity contribution in [3.05, 3.63) is 29.3 Å². The molecule has 0 aromatic heterocycles. The van der Waals surface area contributed by atoms with Gasteiger partial charge in [0.15, 0.2) is 0 Å². The predicted octanol–water partition coefficient (Wildman–Crippen LogP) is 2.87. The molecule has 0 saturated carbocycles. The van der Waals surface area contributed by atoms with E-state index < -0.39 is 5.97 Å². The Bertz CT molecular complexity index is 413.